The molecule has 0 amide bonds. The third-order valence-corrected chi connectivity index (χ3v) is 4.46. The lowest BCUT2D eigenvalue weighted by molar-refractivity contribution is 0.749. The fourth-order valence-corrected chi connectivity index (χ4v) is 3.11. The van der Waals surface area contributed by atoms with Crippen LogP contribution < -0.4 is 11.1 Å². The molecule has 0 radical (unpaired) electrons. The minimum absolute atomic E-state index is 0.0877. The predicted octanol–water partition coefficient (Wildman–Crippen LogP) is 4.46. The average molecular weight is 353 g/mol. The van der Waals surface area contributed by atoms with Gasteiger partial charge in [0.25, 0.3) is 0 Å². The lowest BCUT2D eigenvalue weighted by Crippen LogP contribution is -2.14. The molecule has 128 valence electrons. The van der Waals surface area contributed by atoms with Crippen LogP contribution in [0, 0.1) is 0 Å². The Morgan fingerprint density at radius 1 is 1.32 bits per heavy atom. The first kappa shape index (κ1) is 17.2. The van der Waals surface area contributed by atoms with E-state index in [-0.39, 0.29) is 6.04 Å². The normalized spacial score (nSPS) is 20.7. The second-order valence-electron chi connectivity index (χ2n) is 5.99. The van der Waals surface area contributed by atoms with E-state index in [1.54, 1.807) is 6.20 Å². The van der Waals surface area contributed by atoms with Gasteiger partial charge in [0.05, 0.1) is 28.8 Å². The summed E-state index contributed by atoms with van der Waals surface area (Å²) in [5.41, 5.74) is 12.3. The molecule has 1 aliphatic rings. The zero-order valence-corrected chi connectivity index (χ0v) is 15.1. The maximum atomic E-state index is 6.21. The van der Waals surface area contributed by atoms with Crippen molar-refractivity contribution in [2.24, 2.45) is 10.7 Å². The lowest BCUT2D eigenvalue weighted by atomic mass is 9.97. The topological polar surface area (TPSA) is 63.3 Å². The predicted molar refractivity (Wildman–Crippen MR) is 104 cm³/mol. The molecule has 2 aromatic rings. The Morgan fingerprint density at radius 3 is 2.68 bits per heavy atom. The van der Waals surface area contributed by atoms with Crippen molar-refractivity contribution >= 4 is 23.0 Å². The van der Waals surface area contributed by atoms with Crippen LogP contribution in [0.5, 0.6) is 0 Å². The van der Waals surface area contributed by atoms with E-state index in [9.17, 15) is 0 Å². The number of nitrogens with zero attached hydrogens (tertiary/aromatic N) is 2. The highest BCUT2D eigenvalue weighted by atomic mass is 35.5. The highest BCUT2D eigenvalue weighted by molar-refractivity contribution is 6.30. The van der Waals surface area contributed by atoms with E-state index in [0.717, 1.165) is 40.3 Å². The zero-order valence-electron chi connectivity index (χ0n) is 14.4. The van der Waals surface area contributed by atoms with Gasteiger partial charge in [-0.25, -0.2) is 4.99 Å². The van der Waals surface area contributed by atoms with E-state index in [2.05, 4.69) is 23.8 Å². The minimum atomic E-state index is -0.0877. The molecule has 3 N–H and O–H groups in total. The number of nitrogens with one attached hydrogen (secondary N) is 1. The average Bonchev–Trinajstić information content (AvgIpc) is 2.93. The molecule has 0 aliphatic carbocycles. The summed E-state index contributed by atoms with van der Waals surface area (Å²) in [6, 6.07) is 11.5. The molecule has 5 heteroatoms. The van der Waals surface area contributed by atoms with Crippen LogP contribution in [0.1, 0.15) is 31.1 Å². The van der Waals surface area contributed by atoms with E-state index >= 15 is 0 Å². The SMILES string of the molecule is C=C1NC(c2ccc(Cl)cc2)C(=C(C)N)C1=Nc1cccnc1CC. The van der Waals surface area contributed by atoms with Crippen molar-refractivity contribution in [1.82, 2.24) is 10.3 Å². The van der Waals surface area contributed by atoms with Crippen LogP contribution in [0.3, 0.4) is 0 Å². The number of hydrogen-bond acceptors (Lipinski definition) is 4. The van der Waals surface area contributed by atoms with Gasteiger partial charge >= 0.3 is 0 Å². The van der Waals surface area contributed by atoms with Crippen LogP contribution in [0.15, 0.2) is 71.1 Å². The fourth-order valence-electron chi connectivity index (χ4n) is 2.99. The van der Waals surface area contributed by atoms with Crippen LogP contribution in [0.4, 0.5) is 5.69 Å². The molecule has 0 saturated carbocycles. The molecule has 0 bridgehead atoms. The zero-order chi connectivity index (χ0) is 18.0. The summed E-state index contributed by atoms with van der Waals surface area (Å²) in [6.07, 6.45) is 2.60. The quantitative estimate of drug-likeness (QED) is 0.857. The summed E-state index contributed by atoms with van der Waals surface area (Å²) >= 11 is 6.01. The van der Waals surface area contributed by atoms with Crippen LogP contribution in [0.25, 0.3) is 0 Å². The van der Waals surface area contributed by atoms with E-state index < -0.39 is 0 Å². The Bertz CT molecular complexity index is 862. The van der Waals surface area contributed by atoms with Gasteiger partial charge in [-0.2, -0.15) is 0 Å². The van der Waals surface area contributed by atoms with Crippen molar-refractivity contribution in [2.45, 2.75) is 26.3 Å². The van der Waals surface area contributed by atoms with Gasteiger partial charge in [0, 0.05) is 22.5 Å². The van der Waals surface area contributed by atoms with Gasteiger partial charge in [0.1, 0.15) is 0 Å². The number of benzene rings is 1. The lowest BCUT2D eigenvalue weighted by Gasteiger charge is -2.14. The number of allylic oxidation sites excluding steroid dienone is 2. The Hall–Kier alpha value is -2.59. The number of rotatable bonds is 3. The van der Waals surface area contributed by atoms with Crippen molar-refractivity contribution in [1.29, 1.82) is 0 Å². The van der Waals surface area contributed by atoms with Crippen molar-refractivity contribution in [3.8, 4) is 0 Å². The molecule has 1 aliphatic heterocycles. The third-order valence-electron chi connectivity index (χ3n) is 4.21. The molecule has 1 aromatic carbocycles. The van der Waals surface area contributed by atoms with Gasteiger partial charge in [0.15, 0.2) is 0 Å². The van der Waals surface area contributed by atoms with Crippen LogP contribution in [-0.2, 0) is 6.42 Å². The van der Waals surface area contributed by atoms with Gasteiger partial charge in [-0.15, -0.1) is 0 Å². The largest absolute Gasteiger partial charge is 0.402 e. The molecule has 1 fully saturated rings. The number of aliphatic imine (C=N–C) groups is 1. The first-order valence-electron chi connectivity index (χ1n) is 8.21. The Kier molecular flexibility index (Phi) is 4.91. The summed E-state index contributed by atoms with van der Waals surface area (Å²) in [5, 5.41) is 4.10. The van der Waals surface area contributed by atoms with Crippen LogP contribution in [0.2, 0.25) is 5.02 Å². The monoisotopic (exact) mass is 352 g/mol. The molecular formula is C20H21ClN4. The van der Waals surface area contributed by atoms with Gasteiger partial charge in [-0.1, -0.05) is 37.2 Å². The van der Waals surface area contributed by atoms with Crippen molar-refractivity contribution < 1.29 is 0 Å². The van der Waals surface area contributed by atoms with E-state index in [1.807, 2.05) is 43.3 Å². The highest BCUT2D eigenvalue weighted by Crippen LogP contribution is 2.35. The first-order chi connectivity index (χ1) is 12.0. The number of aromatic nitrogens is 1. The second-order valence-corrected chi connectivity index (χ2v) is 6.42. The molecule has 1 saturated heterocycles. The molecule has 3 rings (SSSR count). The number of hydrogen-bond donors (Lipinski definition) is 2. The second kappa shape index (κ2) is 7.11. The van der Waals surface area contributed by atoms with Crippen molar-refractivity contribution in [2.75, 3.05) is 0 Å². The number of nitrogens with two attached hydrogens (primary N) is 1. The molecule has 0 spiro atoms. The molecule has 1 aromatic heterocycles. The number of halogens is 1. The van der Waals surface area contributed by atoms with E-state index in [0.29, 0.717) is 10.7 Å². The Balaban J connectivity index is 2.08. The Labute approximate surface area is 153 Å². The summed E-state index contributed by atoms with van der Waals surface area (Å²) < 4.78 is 0. The fraction of sp³-hybridized carbons (Fsp3) is 0.200. The molecule has 1 unspecified atom stereocenters. The maximum absolute atomic E-state index is 6.21. The summed E-state index contributed by atoms with van der Waals surface area (Å²) in [6.45, 7) is 8.09. The highest BCUT2D eigenvalue weighted by Gasteiger charge is 2.32. The number of aryl methyl sites for hydroxylation is 1. The van der Waals surface area contributed by atoms with Gasteiger partial charge < -0.3 is 11.1 Å². The van der Waals surface area contributed by atoms with Gasteiger partial charge in [0.2, 0.25) is 0 Å². The van der Waals surface area contributed by atoms with E-state index in [1.165, 1.54) is 0 Å². The van der Waals surface area contributed by atoms with Crippen molar-refractivity contribution in [3.63, 3.8) is 0 Å². The molecule has 25 heavy (non-hydrogen) atoms. The molecule has 4 nitrogen and oxygen atoms in total. The smallest absolute Gasteiger partial charge is 0.0936 e. The van der Waals surface area contributed by atoms with E-state index in [4.69, 9.17) is 22.3 Å². The summed E-state index contributed by atoms with van der Waals surface area (Å²) in [7, 11) is 0. The molecule has 2 heterocycles. The number of pyridine rings is 1. The van der Waals surface area contributed by atoms with Crippen LogP contribution in [-0.4, -0.2) is 10.7 Å². The standard InChI is InChI=1S/C20H21ClN4/c1-4-16-17(6-5-11-23-16)25-19-13(3)24-20(18(19)12(2)22)14-7-9-15(21)10-8-14/h5-11,20,24H,3-4,22H2,1-2H3. The maximum Gasteiger partial charge on any atom is 0.0936 e. The minimum Gasteiger partial charge on any atom is -0.402 e. The van der Waals surface area contributed by atoms with Crippen LogP contribution >= 0.6 is 11.6 Å². The van der Waals surface area contributed by atoms with Gasteiger partial charge in [-0.05, 0) is 43.2 Å². The summed E-state index contributed by atoms with van der Waals surface area (Å²) in [4.78, 5) is 9.24. The van der Waals surface area contributed by atoms with Crippen molar-refractivity contribution in [3.05, 3.63) is 82.4 Å². The third kappa shape index (κ3) is 3.44. The summed E-state index contributed by atoms with van der Waals surface area (Å²) in [5.74, 6) is 0. The first-order valence-corrected chi connectivity index (χ1v) is 8.59. The molecular weight excluding hydrogens is 332 g/mol. The van der Waals surface area contributed by atoms with Gasteiger partial charge in [-0.3, -0.25) is 4.98 Å². The Morgan fingerprint density at radius 2 is 2.04 bits per heavy atom. The molecule has 1 atom stereocenters.